The summed E-state index contributed by atoms with van der Waals surface area (Å²) in [5.74, 6) is -0.839. The normalized spacial score (nSPS) is 12.4. The number of nitrogens with one attached hydrogen (secondary N) is 1. The predicted octanol–water partition coefficient (Wildman–Crippen LogP) is 4.47. The van der Waals surface area contributed by atoms with Gasteiger partial charge in [-0.15, -0.1) is 0 Å². The van der Waals surface area contributed by atoms with Gasteiger partial charge in [-0.2, -0.15) is 0 Å². The van der Waals surface area contributed by atoms with Crippen molar-refractivity contribution in [2.75, 3.05) is 0 Å². The van der Waals surface area contributed by atoms with Gasteiger partial charge in [0.05, 0.1) is 0 Å². The van der Waals surface area contributed by atoms with E-state index in [0.29, 0.717) is 17.1 Å². The minimum absolute atomic E-state index is 0.272. The first-order chi connectivity index (χ1) is 9.06. The molecule has 1 atom stereocenters. The van der Waals surface area contributed by atoms with Crippen molar-refractivity contribution in [2.24, 2.45) is 0 Å². The second-order valence-electron chi connectivity index (χ2n) is 4.39. The number of hydrogen-bond acceptors (Lipinski definition) is 1. The summed E-state index contributed by atoms with van der Waals surface area (Å²) in [6, 6.07) is 10.6. The Bertz CT molecular complexity index is 555. The third-order valence-electron chi connectivity index (χ3n) is 2.95. The van der Waals surface area contributed by atoms with Gasteiger partial charge in [0, 0.05) is 23.2 Å². The fourth-order valence-electron chi connectivity index (χ4n) is 1.83. The predicted molar refractivity (Wildman–Crippen MR) is 73.1 cm³/mol. The molecule has 1 nitrogen and oxygen atoms in total. The minimum Gasteiger partial charge on any atom is -0.306 e. The topological polar surface area (TPSA) is 12.0 Å². The van der Waals surface area contributed by atoms with Crippen LogP contribution in [-0.4, -0.2) is 0 Å². The molecule has 0 aliphatic carbocycles. The zero-order valence-corrected chi connectivity index (χ0v) is 11.2. The molecular formula is C15H14ClF2N. The van der Waals surface area contributed by atoms with Crippen molar-refractivity contribution in [3.05, 3.63) is 70.2 Å². The fraction of sp³-hybridized carbons (Fsp3) is 0.200. The summed E-state index contributed by atoms with van der Waals surface area (Å²) in [6.07, 6.45) is 0. The van der Waals surface area contributed by atoms with Gasteiger partial charge in [-0.1, -0.05) is 23.7 Å². The second kappa shape index (κ2) is 6.13. The number of rotatable bonds is 4. The molecule has 0 heterocycles. The Labute approximate surface area is 116 Å². The van der Waals surface area contributed by atoms with Crippen molar-refractivity contribution in [2.45, 2.75) is 19.5 Å². The first-order valence-electron chi connectivity index (χ1n) is 5.99. The Balaban J connectivity index is 2.03. The largest absolute Gasteiger partial charge is 0.306 e. The van der Waals surface area contributed by atoms with Gasteiger partial charge in [0.25, 0.3) is 0 Å². The van der Waals surface area contributed by atoms with Crippen LogP contribution in [0.1, 0.15) is 24.1 Å². The third kappa shape index (κ3) is 3.75. The molecule has 19 heavy (non-hydrogen) atoms. The van der Waals surface area contributed by atoms with Crippen LogP contribution in [0.3, 0.4) is 0 Å². The Kier molecular flexibility index (Phi) is 4.51. The van der Waals surface area contributed by atoms with Gasteiger partial charge >= 0.3 is 0 Å². The van der Waals surface area contributed by atoms with Crippen LogP contribution >= 0.6 is 11.6 Å². The first-order valence-corrected chi connectivity index (χ1v) is 6.37. The lowest BCUT2D eigenvalue weighted by atomic mass is 10.1. The zero-order valence-electron chi connectivity index (χ0n) is 10.5. The molecule has 2 aromatic rings. The van der Waals surface area contributed by atoms with E-state index in [1.165, 1.54) is 6.07 Å². The van der Waals surface area contributed by atoms with Crippen LogP contribution in [0.25, 0.3) is 0 Å². The summed E-state index contributed by atoms with van der Waals surface area (Å²) < 4.78 is 26.7. The fourth-order valence-corrected chi connectivity index (χ4v) is 1.96. The van der Waals surface area contributed by atoms with E-state index in [1.54, 1.807) is 19.1 Å². The SMILES string of the molecule is CC(NCc1ccc(Cl)cc1)c1cc(F)ccc1F. The molecule has 0 spiro atoms. The van der Waals surface area contributed by atoms with Crippen molar-refractivity contribution in [1.29, 1.82) is 0 Å². The maximum atomic E-state index is 13.6. The van der Waals surface area contributed by atoms with Crippen LogP contribution < -0.4 is 5.32 Å². The van der Waals surface area contributed by atoms with E-state index in [9.17, 15) is 8.78 Å². The second-order valence-corrected chi connectivity index (χ2v) is 4.83. The molecule has 0 saturated heterocycles. The highest BCUT2D eigenvalue weighted by molar-refractivity contribution is 6.30. The van der Waals surface area contributed by atoms with Crippen molar-refractivity contribution >= 4 is 11.6 Å². The van der Waals surface area contributed by atoms with Gasteiger partial charge in [0.15, 0.2) is 0 Å². The van der Waals surface area contributed by atoms with Gasteiger partial charge in [-0.25, -0.2) is 8.78 Å². The molecular weight excluding hydrogens is 268 g/mol. The molecule has 2 rings (SSSR count). The van der Waals surface area contributed by atoms with Crippen molar-refractivity contribution in [3.63, 3.8) is 0 Å². The van der Waals surface area contributed by atoms with Gasteiger partial charge < -0.3 is 5.32 Å². The summed E-state index contributed by atoms with van der Waals surface area (Å²) in [4.78, 5) is 0. The number of hydrogen-bond donors (Lipinski definition) is 1. The molecule has 0 radical (unpaired) electrons. The summed E-state index contributed by atoms with van der Waals surface area (Å²) in [6.45, 7) is 2.36. The minimum atomic E-state index is -0.434. The summed E-state index contributed by atoms with van der Waals surface area (Å²) >= 11 is 5.80. The lowest BCUT2D eigenvalue weighted by molar-refractivity contribution is 0.518. The van der Waals surface area contributed by atoms with Crippen LogP contribution in [0, 0.1) is 11.6 Å². The molecule has 4 heteroatoms. The van der Waals surface area contributed by atoms with E-state index in [1.807, 2.05) is 12.1 Å². The molecule has 1 unspecified atom stereocenters. The third-order valence-corrected chi connectivity index (χ3v) is 3.20. The van der Waals surface area contributed by atoms with Crippen LogP contribution in [-0.2, 0) is 6.54 Å². The summed E-state index contributed by atoms with van der Waals surface area (Å²) in [7, 11) is 0. The lowest BCUT2D eigenvalue weighted by Crippen LogP contribution is -2.19. The first kappa shape index (κ1) is 14.0. The Hall–Kier alpha value is -1.45. The Morgan fingerprint density at radius 2 is 1.79 bits per heavy atom. The average Bonchev–Trinajstić information content (AvgIpc) is 2.40. The van der Waals surface area contributed by atoms with Crippen molar-refractivity contribution in [1.82, 2.24) is 5.32 Å². The van der Waals surface area contributed by atoms with Crippen molar-refractivity contribution < 1.29 is 8.78 Å². The summed E-state index contributed by atoms with van der Waals surface area (Å²) in [5.41, 5.74) is 1.36. The molecule has 0 aliphatic heterocycles. The highest BCUT2D eigenvalue weighted by Gasteiger charge is 2.11. The average molecular weight is 282 g/mol. The lowest BCUT2D eigenvalue weighted by Gasteiger charge is -2.15. The number of halogens is 3. The van der Waals surface area contributed by atoms with Gasteiger partial charge in [0.2, 0.25) is 0 Å². The van der Waals surface area contributed by atoms with Crippen LogP contribution in [0.2, 0.25) is 5.02 Å². The molecule has 0 fully saturated rings. The van der Waals surface area contributed by atoms with Crippen molar-refractivity contribution in [3.8, 4) is 0 Å². The van der Waals surface area contributed by atoms with E-state index >= 15 is 0 Å². The standard InChI is InChI=1S/C15H14ClF2N/c1-10(14-8-13(17)6-7-15(14)18)19-9-11-2-4-12(16)5-3-11/h2-8,10,19H,9H2,1H3. The zero-order chi connectivity index (χ0) is 13.8. The molecule has 0 amide bonds. The van der Waals surface area contributed by atoms with Crippen LogP contribution in [0.15, 0.2) is 42.5 Å². The van der Waals surface area contributed by atoms with E-state index < -0.39 is 11.6 Å². The quantitative estimate of drug-likeness (QED) is 0.872. The monoisotopic (exact) mass is 281 g/mol. The molecule has 100 valence electrons. The number of benzene rings is 2. The summed E-state index contributed by atoms with van der Waals surface area (Å²) in [5, 5.41) is 3.83. The molecule has 0 aliphatic rings. The van der Waals surface area contributed by atoms with Gasteiger partial charge in [-0.05, 0) is 42.8 Å². The molecule has 0 bridgehead atoms. The van der Waals surface area contributed by atoms with E-state index in [2.05, 4.69) is 5.32 Å². The smallest absolute Gasteiger partial charge is 0.128 e. The maximum absolute atomic E-state index is 13.6. The van der Waals surface area contributed by atoms with Crippen LogP contribution in [0.5, 0.6) is 0 Å². The van der Waals surface area contributed by atoms with Gasteiger partial charge in [0.1, 0.15) is 11.6 Å². The van der Waals surface area contributed by atoms with Crippen LogP contribution in [0.4, 0.5) is 8.78 Å². The van der Waals surface area contributed by atoms with E-state index in [0.717, 1.165) is 17.7 Å². The molecule has 0 aromatic heterocycles. The van der Waals surface area contributed by atoms with E-state index in [-0.39, 0.29) is 6.04 Å². The molecule has 0 saturated carbocycles. The maximum Gasteiger partial charge on any atom is 0.128 e. The molecule has 1 N–H and O–H groups in total. The Morgan fingerprint density at radius 3 is 2.47 bits per heavy atom. The van der Waals surface area contributed by atoms with E-state index in [4.69, 9.17) is 11.6 Å². The Morgan fingerprint density at radius 1 is 1.11 bits per heavy atom. The highest BCUT2D eigenvalue weighted by Crippen LogP contribution is 2.18. The molecule has 2 aromatic carbocycles. The van der Waals surface area contributed by atoms with Gasteiger partial charge in [-0.3, -0.25) is 0 Å². The highest BCUT2D eigenvalue weighted by atomic mass is 35.5.